The molecule has 27 heavy (non-hydrogen) atoms. The van der Waals surface area contributed by atoms with Crippen molar-refractivity contribution in [1.82, 2.24) is 24.5 Å². The molecule has 0 spiro atoms. The van der Waals surface area contributed by atoms with Gasteiger partial charge in [0.15, 0.2) is 11.8 Å². The maximum Gasteiger partial charge on any atom is 0.340 e. The Morgan fingerprint density at radius 2 is 2.00 bits per heavy atom. The van der Waals surface area contributed by atoms with E-state index in [-0.39, 0.29) is 11.6 Å². The van der Waals surface area contributed by atoms with Gasteiger partial charge in [-0.05, 0) is 33.8 Å². The summed E-state index contributed by atoms with van der Waals surface area (Å²) in [5, 5.41) is 11.9. The number of esters is 1. The fourth-order valence-electron chi connectivity index (χ4n) is 2.75. The van der Waals surface area contributed by atoms with Crippen LogP contribution in [0.15, 0.2) is 24.5 Å². The topological polar surface area (TPSA) is 104 Å². The number of rotatable bonds is 5. The monoisotopic (exact) mass is 370 g/mol. The van der Waals surface area contributed by atoms with Gasteiger partial charge < -0.3 is 10.1 Å². The van der Waals surface area contributed by atoms with Crippen LogP contribution in [0, 0.1) is 6.92 Å². The standard InChI is InChI=1S/C18H22N6O3/c1-10(2)24-15(6-7-20-24)21-17(25)12(4)27-18(26)13-8-14-11(3)22-23(5)16(14)19-9-13/h6-10,12H,1-5H3,(H,21,25). The van der Waals surface area contributed by atoms with Crippen molar-refractivity contribution in [2.75, 3.05) is 5.32 Å². The number of fused-ring (bicyclic) bond motifs is 1. The molecule has 3 aromatic rings. The zero-order valence-corrected chi connectivity index (χ0v) is 15.9. The van der Waals surface area contributed by atoms with Crippen LogP contribution in [0.25, 0.3) is 11.0 Å². The summed E-state index contributed by atoms with van der Waals surface area (Å²) in [4.78, 5) is 29.0. The van der Waals surface area contributed by atoms with Gasteiger partial charge in [-0.3, -0.25) is 9.48 Å². The smallest absolute Gasteiger partial charge is 0.340 e. The number of hydrogen-bond donors (Lipinski definition) is 1. The first-order chi connectivity index (χ1) is 12.8. The summed E-state index contributed by atoms with van der Waals surface area (Å²) in [6.45, 7) is 7.27. The molecule has 3 heterocycles. The molecule has 1 N–H and O–H groups in total. The first-order valence-corrected chi connectivity index (χ1v) is 8.62. The highest BCUT2D eigenvalue weighted by atomic mass is 16.5. The minimum Gasteiger partial charge on any atom is -0.449 e. The maximum atomic E-state index is 12.4. The fraction of sp³-hybridized carbons (Fsp3) is 0.389. The summed E-state index contributed by atoms with van der Waals surface area (Å²) >= 11 is 0. The van der Waals surface area contributed by atoms with Gasteiger partial charge in [-0.15, -0.1) is 0 Å². The summed E-state index contributed by atoms with van der Waals surface area (Å²) in [5.41, 5.74) is 1.71. The average molecular weight is 370 g/mol. The lowest BCUT2D eigenvalue weighted by Gasteiger charge is -2.15. The molecule has 9 nitrogen and oxygen atoms in total. The predicted octanol–water partition coefficient (Wildman–Crippen LogP) is 2.24. The Hall–Kier alpha value is -3.23. The van der Waals surface area contributed by atoms with E-state index in [2.05, 4.69) is 20.5 Å². The molecule has 0 aliphatic rings. The second kappa shape index (κ2) is 7.18. The molecular formula is C18H22N6O3. The number of anilines is 1. The summed E-state index contributed by atoms with van der Waals surface area (Å²) in [5.74, 6) is -0.503. The van der Waals surface area contributed by atoms with E-state index in [0.717, 1.165) is 11.1 Å². The van der Waals surface area contributed by atoms with Crippen LogP contribution >= 0.6 is 0 Å². The van der Waals surface area contributed by atoms with Crippen molar-refractivity contribution >= 4 is 28.7 Å². The van der Waals surface area contributed by atoms with Gasteiger partial charge in [0.25, 0.3) is 5.91 Å². The van der Waals surface area contributed by atoms with Crippen LogP contribution in [0.2, 0.25) is 0 Å². The van der Waals surface area contributed by atoms with Crippen molar-refractivity contribution in [3.8, 4) is 0 Å². The molecule has 0 aliphatic heterocycles. The van der Waals surface area contributed by atoms with Crippen LogP contribution < -0.4 is 5.32 Å². The third-order valence-corrected chi connectivity index (χ3v) is 4.16. The van der Waals surface area contributed by atoms with Crippen molar-refractivity contribution < 1.29 is 14.3 Å². The van der Waals surface area contributed by atoms with Gasteiger partial charge in [-0.2, -0.15) is 10.2 Å². The van der Waals surface area contributed by atoms with Crippen molar-refractivity contribution in [3.63, 3.8) is 0 Å². The van der Waals surface area contributed by atoms with Gasteiger partial charge in [-0.1, -0.05) is 0 Å². The minimum absolute atomic E-state index is 0.0914. The Morgan fingerprint density at radius 3 is 2.70 bits per heavy atom. The van der Waals surface area contributed by atoms with E-state index in [9.17, 15) is 9.59 Å². The highest BCUT2D eigenvalue weighted by Gasteiger charge is 2.21. The number of pyridine rings is 1. The highest BCUT2D eigenvalue weighted by Crippen LogP contribution is 2.18. The summed E-state index contributed by atoms with van der Waals surface area (Å²) in [6, 6.07) is 3.45. The van der Waals surface area contributed by atoms with Crippen LogP contribution in [0.4, 0.5) is 5.82 Å². The number of carbonyl (C=O) groups excluding carboxylic acids is 2. The third kappa shape index (κ3) is 3.67. The molecule has 142 valence electrons. The summed E-state index contributed by atoms with van der Waals surface area (Å²) < 4.78 is 8.62. The lowest BCUT2D eigenvalue weighted by atomic mass is 10.2. The second-order valence-electron chi connectivity index (χ2n) is 6.60. The molecule has 3 aromatic heterocycles. The van der Waals surface area contributed by atoms with Gasteiger partial charge in [-0.25, -0.2) is 14.5 Å². The zero-order chi connectivity index (χ0) is 19.7. The number of aryl methyl sites for hydroxylation is 2. The van der Waals surface area contributed by atoms with Gasteiger partial charge in [0, 0.05) is 30.7 Å². The quantitative estimate of drug-likeness (QED) is 0.691. The Bertz CT molecular complexity index is 1000. The molecule has 3 rings (SSSR count). The van der Waals surface area contributed by atoms with Crippen LogP contribution in [0.3, 0.4) is 0 Å². The fourth-order valence-corrected chi connectivity index (χ4v) is 2.75. The van der Waals surface area contributed by atoms with Crippen LogP contribution in [0.1, 0.15) is 42.9 Å². The molecule has 0 saturated carbocycles. The van der Waals surface area contributed by atoms with E-state index in [1.807, 2.05) is 20.8 Å². The minimum atomic E-state index is -0.973. The molecule has 9 heteroatoms. The highest BCUT2D eigenvalue weighted by molar-refractivity contribution is 5.98. The molecule has 0 bridgehead atoms. The molecule has 0 radical (unpaired) electrons. The van der Waals surface area contributed by atoms with E-state index < -0.39 is 18.0 Å². The third-order valence-electron chi connectivity index (χ3n) is 4.16. The first kappa shape index (κ1) is 18.6. The number of carbonyl (C=O) groups is 2. The van der Waals surface area contributed by atoms with Gasteiger partial charge in [0.05, 0.1) is 17.5 Å². The molecule has 0 aromatic carbocycles. The number of amides is 1. The van der Waals surface area contributed by atoms with E-state index in [0.29, 0.717) is 11.5 Å². The van der Waals surface area contributed by atoms with E-state index in [4.69, 9.17) is 4.74 Å². The molecule has 0 fully saturated rings. The normalized spacial score (nSPS) is 12.4. The second-order valence-corrected chi connectivity index (χ2v) is 6.60. The molecule has 1 unspecified atom stereocenters. The number of ether oxygens (including phenoxy) is 1. The van der Waals surface area contributed by atoms with E-state index in [1.54, 1.807) is 34.7 Å². The zero-order valence-electron chi connectivity index (χ0n) is 15.9. The van der Waals surface area contributed by atoms with Crippen LogP contribution in [0.5, 0.6) is 0 Å². The summed E-state index contributed by atoms with van der Waals surface area (Å²) in [7, 11) is 1.79. The Balaban J connectivity index is 1.70. The Morgan fingerprint density at radius 1 is 1.26 bits per heavy atom. The largest absolute Gasteiger partial charge is 0.449 e. The molecule has 1 atom stereocenters. The molecule has 0 aliphatic carbocycles. The van der Waals surface area contributed by atoms with Crippen molar-refractivity contribution in [2.24, 2.45) is 7.05 Å². The number of nitrogens with zero attached hydrogens (tertiary/aromatic N) is 5. The number of hydrogen-bond acceptors (Lipinski definition) is 6. The number of nitrogens with one attached hydrogen (secondary N) is 1. The SMILES string of the molecule is Cc1nn(C)c2ncc(C(=O)OC(C)C(=O)Nc3ccnn3C(C)C)cc12. The van der Waals surface area contributed by atoms with Crippen LogP contribution in [-0.4, -0.2) is 42.5 Å². The molecule has 0 saturated heterocycles. The lowest BCUT2D eigenvalue weighted by Crippen LogP contribution is -2.31. The summed E-state index contributed by atoms with van der Waals surface area (Å²) in [6.07, 6.45) is 2.05. The van der Waals surface area contributed by atoms with Gasteiger partial charge in [0.1, 0.15) is 5.82 Å². The number of aromatic nitrogens is 5. The average Bonchev–Trinajstić information content (AvgIpc) is 3.19. The predicted molar refractivity (Wildman–Crippen MR) is 99.4 cm³/mol. The van der Waals surface area contributed by atoms with E-state index in [1.165, 1.54) is 13.1 Å². The van der Waals surface area contributed by atoms with Crippen molar-refractivity contribution in [1.29, 1.82) is 0 Å². The van der Waals surface area contributed by atoms with Gasteiger partial charge in [0.2, 0.25) is 0 Å². The van der Waals surface area contributed by atoms with Crippen LogP contribution in [-0.2, 0) is 16.6 Å². The first-order valence-electron chi connectivity index (χ1n) is 8.62. The maximum absolute atomic E-state index is 12.4. The Labute approximate surface area is 156 Å². The lowest BCUT2D eigenvalue weighted by molar-refractivity contribution is -0.123. The molecular weight excluding hydrogens is 348 g/mol. The Kier molecular flexibility index (Phi) is 4.93. The van der Waals surface area contributed by atoms with Crippen molar-refractivity contribution in [2.45, 2.75) is 39.8 Å². The molecule has 1 amide bonds. The van der Waals surface area contributed by atoms with Gasteiger partial charge >= 0.3 is 5.97 Å². The van der Waals surface area contributed by atoms with Crippen molar-refractivity contribution in [3.05, 3.63) is 35.8 Å². The van der Waals surface area contributed by atoms with E-state index >= 15 is 0 Å².